The van der Waals surface area contributed by atoms with E-state index in [9.17, 15) is 9.59 Å². The number of carbonyl (C=O) groups is 2. The Labute approximate surface area is 161 Å². The van der Waals surface area contributed by atoms with Gasteiger partial charge in [0.15, 0.2) is 5.78 Å². The highest BCUT2D eigenvalue weighted by Gasteiger charge is 2.14. The molecule has 3 rings (SSSR count). The number of anilines is 1. The number of rotatable bonds is 6. The minimum atomic E-state index is -0.198. The fourth-order valence-electron chi connectivity index (χ4n) is 2.53. The molecule has 0 unspecified atom stereocenters. The number of carbonyl (C=O) groups excluding carboxylic acids is 2. The van der Waals surface area contributed by atoms with Crippen LogP contribution in [0.3, 0.4) is 0 Å². The zero-order chi connectivity index (χ0) is 19.4. The highest BCUT2D eigenvalue weighted by atomic mass is 32.2. The molecule has 0 bridgehead atoms. The van der Waals surface area contributed by atoms with E-state index in [1.165, 1.54) is 18.7 Å². The lowest BCUT2D eigenvalue weighted by molar-refractivity contribution is -0.113. The summed E-state index contributed by atoms with van der Waals surface area (Å²) >= 11 is 1.25. The van der Waals surface area contributed by atoms with Crippen LogP contribution in [0.4, 0.5) is 5.69 Å². The number of amides is 1. The van der Waals surface area contributed by atoms with Gasteiger partial charge in [-0.3, -0.25) is 9.59 Å². The largest absolute Gasteiger partial charge is 0.325 e. The Balaban J connectivity index is 1.68. The second-order valence-electron chi connectivity index (χ2n) is 6.07. The molecule has 0 aliphatic carbocycles. The molecule has 1 heterocycles. The van der Waals surface area contributed by atoms with Gasteiger partial charge in [0.25, 0.3) is 0 Å². The van der Waals surface area contributed by atoms with Gasteiger partial charge in [0, 0.05) is 11.3 Å². The van der Waals surface area contributed by atoms with Crippen LogP contribution < -0.4 is 5.32 Å². The summed E-state index contributed by atoms with van der Waals surface area (Å²) in [5, 5.41) is 15.1. The van der Waals surface area contributed by atoms with E-state index < -0.39 is 0 Å². The highest BCUT2D eigenvalue weighted by molar-refractivity contribution is 7.99. The predicted molar refractivity (Wildman–Crippen MR) is 104 cm³/mol. The Kier molecular flexibility index (Phi) is 5.66. The quantitative estimate of drug-likeness (QED) is 0.521. The summed E-state index contributed by atoms with van der Waals surface area (Å²) in [5.41, 5.74) is 4.25. The predicted octanol–water partition coefficient (Wildman–Crippen LogP) is 3.21. The van der Waals surface area contributed by atoms with E-state index in [4.69, 9.17) is 0 Å². The van der Waals surface area contributed by atoms with Crippen molar-refractivity contribution >= 4 is 29.1 Å². The molecule has 8 heteroatoms. The van der Waals surface area contributed by atoms with Crippen molar-refractivity contribution in [3.8, 4) is 5.69 Å². The van der Waals surface area contributed by atoms with Crippen molar-refractivity contribution in [1.82, 2.24) is 20.2 Å². The maximum Gasteiger partial charge on any atom is 0.234 e. The van der Waals surface area contributed by atoms with Crippen molar-refractivity contribution in [2.24, 2.45) is 0 Å². The summed E-state index contributed by atoms with van der Waals surface area (Å²) in [6.07, 6.45) is 0. The molecule has 0 spiro atoms. The van der Waals surface area contributed by atoms with Gasteiger partial charge in [-0.2, -0.15) is 4.68 Å². The topological polar surface area (TPSA) is 89.8 Å². The maximum atomic E-state index is 12.3. The van der Waals surface area contributed by atoms with Crippen LogP contribution in [0.15, 0.2) is 47.6 Å². The van der Waals surface area contributed by atoms with Crippen LogP contribution in [0.25, 0.3) is 5.69 Å². The number of ketones is 1. The standard InChI is InChI=1S/C19H19N5O2S/c1-12-6-4-9-17(13(12)2)24-19(21-22-23-24)27-11-18(26)20-16-8-5-7-15(10-16)14(3)25/h4-10H,11H2,1-3H3,(H,20,26). The van der Waals surface area contributed by atoms with Crippen LogP contribution in [0.5, 0.6) is 0 Å². The molecular weight excluding hydrogens is 362 g/mol. The lowest BCUT2D eigenvalue weighted by atomic mass is 10.1. The molecule has 1 amide bonds. The van der Waals surface area contributed by atoms with Gasteiger partial charge in [0.05, 0.1) is 11.4 Å². The minimum Gasteiger partial charge on any atom is -0.325 e. The Bertz CT molecular complexity index is 999. The Morgan fingerprint density at radius 2 is 1.93 bits per heavy atom. The summed E-state index contributed by atoms with van der Waals surface area (Å²) < 4.78 is 1.64. The zero-order valence-corrected chi connectivity index (χ0v) is 16.1. The van der Waals surface area contributed by atoms with E-state index in [0.717, 1.165) is 16.8 Å². The van der Waals surface area contributed by atoms with E-state index >= 15 is 0 Å². The van der Waals surface area contributed by atoms with E-state index in [1.54, 1.807) is 28.9 Å². The number of tetrazole rings is 1. The smallest absolute Gasteiger partial charge is 0.234 e. The molecule has 0 fully saturated rings. The Hall–Kier alpha value is -3.00. The van der Waals surface area contributed by atoms with Crippen molar-refractivity contribution in [3.63, 3.8) is 0 Å². The van der Waals surface area contributed by atoms with Gasteiger partial charge in [0.1, 0.15) is 0 Å². The van der Waals surface area contributed by atoms with Gasteiger partial charge in [-0.15, -0.1) is 5.10 Å². The summed E-state index contributed by atoms with van der Waals surface area (Å²) in [5.74, 6) is -0.0976. The number of aromatic nitrogens is 4. The highest BCUT2D eigenvalue weighted by Crippen LogP contribution is 2.22. The van der Waals surface area contributed by atoms with Crippen LogP contribution >= 0.6 is 11.8 Å². The Morgan fingerprint density at radius 3 is 2.70 bits per heavy atom. The van der Waals surface area contributed by atoms with Gasteiger partial charge in [-0.1, -0.05) is 36.0 Å². The first-order valence-corrected chi connectivity index (χ1v) is 9.33. The molecule has 3 aromatic rings. The van der Waals surface area contributed by atoms with E-state index in [0.29, 0.717) is 16.4 Å². The molecule has 138 valence electrons. The number of nitrogens with one attached hydrogen (secondary N) is 1. The first-order valence-electron chi connectivity index (χ1n) is 8.34. The average molecular weight is 381 g/mol. The first kappa shape index (κ1) is 18.8. The molecule has 1 N–H and O–H groups in total. The molecule has 0 aliphatic rings. The second-order valence-corrected chi connectivity index (χ2v) is 7.01. The van der Waals surface area contributed by atoms with E-state index in [-0.39, 0.29) is 17.4 Å². The van der Waals surface area contributed by atoms with Gasteiger partial charge < -0.3 is 5.32 Å². The molecule has 27 heavy (non-hydrogen) atoms. The van der Waals surface area contributed by atoms with Crippen molar-refractivity contribution in [2.75, 3.05) is 11.1 Å². The third-order valence-corrected chi connectivity index (χ3v) is 5.05. The monoisotopic (exact) mass is 381 g/mol. The van der Waals surface area contributed by atoms with Gasteiger partial charge in [-0.05, 0) is 60.5 Å². The number of hydrogen-bond donors (Lipinski definition) is 1. The summed E-state index contributed by atoms with van der Waals surface area (Å²) in [4.78, 5) is 23.7. The molecule has 0 saturated carbocycles. The number of benzene rings is 2. The van der Waals surface area contributed by atoms with E-state index in [1.807, 2.05) is 32.0 Å². The third-order valence-electron chi connectivity index (χ3n) is 4.13. The SMILES string of the molecule is CC(=O)c1cccc(NC(=O)CSc2nnnn2-c2cccc(C)c2C)c1. The fraction of sp³-hybridized carbons (Fsp3) is 0.211. The summed E-state index contributed by atoms with van der Waals surface area (Å²) in [6, 6.07) is 12.8. The van der Waals surface area contributed by atoms with Crippen molar-refractivity contribution < 1.29 is 9.59 Å². The van der Waals surface area contributed by atoms with E-state index in [2.05, 4.69) is 20.8 Å². The zero-order valence-electron chi connectivity index (χ0n) is 15.3. The summed E-state index contributed by atoms with van der Waals surface area (Å²) in [7, 11) is 0. The number of thioether (sulfide) groups is 1. The Morgan fingerprint density at radius 1 is 1.15 bits per heavy atom. The van der Waals surface area contributed by atoms with Crippen LogP contribution in [0.2, 0.25) is 0 Å². The fourth-order valence-corrected chi connectivity index (χ4v) is 3.21. The summed E-state index contributed by atoms with van der Waals surface area (Å²) in [6.45, 7) is 5.53. The van der Waals surface area contributed by atoms with Crippen molar-refractivity contribution in [2.45, 2.75) is 25.9 Å². The minimum absolute atomic E-state index is 0.0480. The number of aryl methyl sites for hydroxylation is 1. The van der Waals surface area contributed by atoms with Gasteiger partial charge in [-0.25, -0.2) is 0 Å². The molecule has 0 saturated heterocycles. The number of hydrogen-bond acceptors (Lipinski definition) is 6. The maximum absolute atomic E-state index is 12.3. The third kappa shape index (κ3) is 4.40. The first-order chi connectivity index (χ1) is 13.0. The molecule has 7 nitrogen and oxygen atoms in total. The second kappa shape index (κ2) is 8.13. The van der Waals surface area contributed by atoms with Gasteiger partial charge >= 0.3 is 0 Å². The number of Topliss-reactive ketones (excluding diaryl/α,β-unsaturated/α-hetero) is 1. The molecule has 2 aromatic carbocycles. The number of nitrogens with zero attached hydrogens (tertiary/aromatic N) is 4. The van der Waals surface area contributed by atoms with Crippen LogP contribution in [-0.4, -0.2) is 37.7 Å². The molecule has 0 aliphatic heterocycles. The van der Waals surface area contributed by atoms with Gasteiger partial charge in [0.2, 0.25) is 11.1 Å². The average Bonchev–Trinajstić information content (AvgIpc) is 3.11. The van der Waals surface area contributed by atoms with Crippen molar-refractivity contribution in [3.05, 3.63) is 59.2 Å². The van der Waals surface area contributed by atoms with Crippen molar-refractivity contribution in [1.29, 1.82) is 0 Å². The molecular formula is C19H19N5O2S. The van der Waals surface area contributed by atoms with Crippen LogP contribution in [0, 0.1) is 13.8 Å². The lowest BCUT2D eigenvalue weighted by Crippen LogP contribution is -2.15. The lowest BCUT2D eigenvalue weighted by Gasteiger charge is -2.09. The molecule has 0 radical (unpaired) electrons. The van der Waals surface area contributed by atoms with Crippen LogP contribution in [0.1, 0.15) is 28.4 Å². The molecule has 0 atom stereocenters. The normalized spacial score (nSPS) is 10.6. The van der Waals surface area contributed by atoms with Crippen LogP contribution in [-0.2, 0) is 4.79 Å². The molecule has 1 aromatic heterocycles.